The molecule has 15 atom stereocenters. The Morgan fingerprint density at radius 2 is 1.11 bits per heavy atom. The Kier molecular flexibility index (Phi) is 34.7. The van der Waals surface area contributed by atoms with E-state index in [9.17, 15) is 68.4 Å². The van der Waals surface area contributed by atoms with Crippen molar-refractivity contribution in [2.45, 2.75) is 220 Å². The first-order valence-electron chi connectivity index (χ1n) is 33.9. The number of aliphatic hydroxyl groups excluding tert-OH is 4. The van der Waals surface area contributed by atoms with E-state index in [0.717, 1.165) is 6.92 Å². The molecule has 1 saturated heterocycles. The highest BCUT2D eigenvalue weighted by Gasteiger charge is 2.44. The molecule has 2 aromatic rings. The van der Waals surface area contributed by atoms with Gasteiger partial charge < -0.3 is 106 Å². The maximum Gasteiger partial charge on any atom is 0.408 e. The van der Waals surface area contributed by atoms with Crippen molar-refractivity contribution >= 4 is 82.9 Å². The zero-order chi connectivity index (χ0) is 77.1. The van der Waals surface area contributed by atoms with E-state index in [1.54, 1.807) is 99.6 Å². The highest BCUT2D eigenvalue weighted by atomic mass is 16.5. The van der Waals surface area contributed by atoms with Gasteiger partial charge in [-0.2, -0.15) is 0 Å². The van der Waals surface area contributed by atoms with Gasteiger partial charge in [0.25, 0.3) is 0 Å². The lowest BCUT2D eigenvalue weighted by molar-refractivity contribution is -0.140. The number of hydrogen-bond acceptors (Lipinski definition) is 19. The predicted molar refractivity (Wildman–Crippen MR) is 373 cm³/mol. The molecule has 1 aliphatic heterocycles. The number of nitrogens with zero attached hydrogens (tertiary/aromatic N) is 1. The van der Waals surface area contributed by atoms with Crippen LogP contribution < -0.4 is 81.0 Å². The number of primary amides is 1. The van der Waals surface area contributed by atoms with Gasteiger partial charge in [0.05, 0.1) is 31.4 Å². The second kappa shape index (κ2) is 40.8. The number of amides is 13. The summed E-state index contributed by atoms with van der Waals surface area (Å²) >= 11 is 0. The smallest absolute Gasteiger partial charge is 0.408 e. The van der Waals surface area contributed by atoms with E-state index in [2.05, 4.69) is 63.5 Å². The molecule has 34 nitrogen and oxygen atoms in total. The topological polar surface area (TPSA) is 547 Å². The van der Waals surface area contributed by atoms with Crippen LogP contribution in [-0.2, 0) is 68.9 Å². The molecule has 1 aliphatic rings. The van der Waals surface area contributed by atoms with Gasteiger partial charge in [-0.15, -0.1) is 0 Å². The lowest BCUT2D eigenvalue weighted by atomic mass is 9.86. The molecule has 22 N–H and O–H groups in total. The van der Waals surface area contributed by atoms with Crippen LogP contribution in [0.3, 0.4) is 0 Å². The van der Waals surface area contributed by atoms with Crippen LogP contribution in [0.15, 0.2) is 65.7 Å². The van der Waals surface area contributed by atoms with Gasteiger partial charge >= 0.3 is 6.09 Å². The van der Waals surface area contributed by atoms with Crippen LogP contribution in [0.25, 0.3) is 0 Å². The van der Waals surface area contributed by atoms with Crippen molar-refractivity contribution in [2.75, 3.05) is 19.7 Å². The van der Waals surface area contributed by atoms with E-state index >= 15 is 14.4 Å². The standard InChI is InChI=1S/C68H108N16O18/c1-14-36(6)46-61(97)81-47(37(7)86)60(96)73-31-45(87)79-51(53(89)54(69)90)64(100)77-44(32-85)59(95)82-48(39-24-19-16-20-25-39)49(83-58(94)42(29-67(8,9)10)76-57(93)43(30-68(11,12)13)78-66(101)102-33-38-22-17-15-18-23-38)62(98)84-50(52(88)35(4)5)63(99)75-41(28-34(2)3)56(92)74-40(55(91)80-46)26-21-27-72-65(70)71/h15-20,22-25,34-37,40-44,46-53,85-86,88-89H,14,21,26-33H2,1-13H3,(H2,69,90)(H,73,96)(H,74,92)(H,75,99)(H,76,93)(H,77,100)(H,78,101)(H,79,87)(H,80,91)(H,81,97)(H,82,95)(H,83,94)(H,84,98)(H4,70,71,72)/t36-,37+,40+,41-,42-,43+,44-,46-,47-,48+,49-,50-,51-,52+,53-/m0/s1. The molecule has 1 fully saturated rings. The predicted octanol–water partition coefficient (Wildman–Crippen LogP) is -3.11. The number of carbonyl (C=O) groups excluding carboxylic acids is 13. The van der Waals surface area contributed by atoms with E-state index in [1.165, 1.54) is 44.2 Å². The minimum Gasteiger partial charge on any atom is -0.445 e. The number of nitrogens with one attached hydrogen (secondary N) is 12. The number of hydrogen-bond donors (Lipinski definition) is 19. The molecule has 3 rings (SSSR count). The van der Waals surface area contributed by atoms with Crippen LogP contribution in [0.2, 0.25) is 0 Å². The molecule has 13 amide bonds. The normalized spacial score (nSPS) is 23.3. The Labute approximate surface area is 594 Å². The zero-order valence-electron chi connectivity index (χ0n) is 60.3. The number of nitrogens with two attached hydrogens (primary N) is 3. The molecule has 568 valence electrons. The number of guanidine groups is 1. The molecule has 1 heterocycles. The summed E-state index contributed by atoms with van der Waals surface area (Å²) in [5.74, 6) is -16.9. The third-order valence-corrected chi connectivity index (χ3v) is 16.3. The van der Waals surface area contributed by atoms with Crippen molar-refractivity contribution in [1.82, 2.24) is 63.8 Å². The van der Waals surface area contributed by atoms with Gasteiger partial charge in [0.15, 0.2) is 12.1 Å². The van der Waals surface area contributed by atoms with E-state index < -0.39 is 203 Å². The zero-order valence-corrected chi connectivity index (χ0v) is 60.3. The fraction of sp³-hybridized carbons (Fsp3) is 0.618. The number of aliphatic imine (C=N–C) groups is 1. The first-order valence-corrected chi connectivity index (χ1v) is 33.9. The fourth-order valence-electron chi connectivity index (χ4n) is 10.6. The summed E-state index contributed by atoms with van der Waals surface area (Å²) < 4.78 is 5.46. The lowest BCUT2D eigenvalue weighted by Gasteiger charge is -2.35. The Morgan fingerprint density at radius 3 is 1.64 bits per heavy atom. The Morgan fingerprint density at radius 1 is 0.598 bits per heavy atom. The number of ether oxygens (including phenoxy) is 1. The average Bonchev–Trinajstić information content (AvgIpc) is 0.814. The van der Waals surface area contributed by atoms with Crippen molar-refractivity contribution in [3.8, 4) is 0 Å². The maximum atomic E-state index is 15.7. The molecule has 0 aliphatic carbocycles. The molecule has 0 bridgehead atoms. The number of rotatable bonds is 24. The molecule has 0 saturated carbocycles. The molecule has 0 radical (unpaired) electrons. The van der Waals surface area contributed by atoms with Gasteiger partial charge in [-0.1, -0.05) is 150 Å². The van der Waals surface area contributed by atoms with Gasteiger partial charge in [0.2, 0.25) is 70.9 Å². The molecule has 0 aromatic heterocycles. The lowest BCUT2D eigenvalue weighted by Crippen LogP contribution is -2.65. The van der Waals surface area contributed by atoms with Crippen LogP contribution in [-0.4, -0.2) is 202 Å². The summed E-state index contributed by atoms with van der Waals surface area (Å²) in [7, 11) is 0. The van der Waals surface area contributed by atoms with Gasteiger partial charge in [-0.05, 0) is 78.7 Å². The first kappa shape index (κ1) is 86.7. The maximum absolute atomic E-state index is 15.7. The summed E-state index contributed by atoms with van der Waals surface area (Å²) in [5.41, 5.74) is 15.7. The second-order valence-electron chi connectivity index (χ2n) is 28.6. The van der Waals surface area contributed by atoms with Gasteiger partial charge in [-0.25, -0.2) is 4.79 Å². The van der Waals surface area contributed by atoms with Gasteiger partial charge in [0, 0.05) is 6.54 Å². The fourth-order valence-corrected chi connectivity index (χ4v) is 10.6. The number of alkyl carbamates (subject to hydrolysis) is 1. The summed E-state index contributed by atoms with van der Waals surface area (Å²) in [6.45, 7) is 18.7. The second-order valence-corrected chi connectivity index (χ2v) is 28.6. The minimum atomic E-state index is -2.59. The van der Waals surface area contributed by atoms with E-state index in [1.807, 2.05) is 5.32 Å². The molecular weight excluding hydrogens is 1330 g/mol. The third-order valence-electron chi connectivity index (χ3n) is 16.3. The SMILES string of the molecule is CC[C@H](C)[C@@H]1NC(=O)[C@@H](CCCN=C(N)N)NC(=O)[C@H](CC(C)C)NC(=O)[C@H]([C@H](O)C(C)C)NC(=O)[C@@H](NC(=O)[C@H](CC(C)(C)C)NC(=O)[C@@H](CC(C)(C)C)NC(=O)OCc2ccccc2)[C@@H](c2ccccc2)NC(=O)[C@H](CO)NC(=O)[C@H]([C@H](O)C(N)=O)NC(=O)CNC(=O)[C@H]([C@@H](C)O)NC1=O. The third kappa shape index (κ3) is 29.2. The largest absolute Gasteiger partial charge is 0.445 e. The number of aliphatic hydroxyl groups is 4. The van der Waals surface area contributed by atoms with Crippen molar-refractivity contribution in [3.05, 3.63) is 71.8 Å². The van der Waals surface area contributed by atoms with Crippen molar-refractivity contribution in [3.63, 3.8) is 0 Å². The summed E-state index contributed by atoms with van der Waals surface area (Å²) in [5, 5.41) is 74.2. The highest BCUT2D eigenvalue weighted by Crippen LogP contribution is 2.26. The van der Waals surface area contributed by atoms with E-state index in [-0.39, 0.29) is 63.2 Å². The van der Waals surface area contributed by atoms with Crippen molar-refractivity contribution < 1.29 is 87.5 Å². The average molecular weight is 1440 g/mol. The van der Waals surface area contributed by atoms with Crippen LogP contribution in [0.4, 0.5) is 4.79 Å². The van der Waals surface area contributed by atoms with Crippen molar-refractivity contribution in [1.29, 1.82) is 0 Å². The molecule has 2 aromatic carbocycles. The molecular formula is C68H108N16O18. The molecule has 0 unspecified atom stereocenters. The molecule has 102 heavy (non-hydrogen) atoms. The molecule has 0 spiro atoms. The number of benzene rings is 2. The van der Waals surface area contributed by atoms with Crippen LogP contribution in [0.5, 0.6) is 0 Å². The Hall–Kier alpha value is -9.54. The molecule has 34 heteroatoms. The summed E-state index contributed by atoms with van der Waals surface area (Å²) in [4.78, 5) is 191. The minimum absolute atomic E-state index is 0.00554. The van der Waals surface area contributed by atoms with E-state index in [0.29, 0.717) is 5.56 Å². The Balaban J connectivity index is 2.44. The van der Waals surface area contributed by atoms with Crippen LogP contribution in [0.1, 0.15) is 146 Å². The Bertz CT molecular complexity index is 3210. The van der Waals surface area contributed by atoms with Gasteiger partial charge in [0.1, 0.15) is 67.0 Å². The highest BCUT2D eigenvalue weighted by molar-refractivity contribution is 6.01. The van der Waals surface area contributed by atoms with Crippen LogP contribution in [0, 0.1) is 28.6 Å². The number of carbonyl (C=O) groups is 13. The van der Waals surface area contributed by atoms with Gasteiger partial charge in [-0.3, -0.25) is 62.5 Å². The monoisotopic (exact) mass is 1440 g/mol. The summed E-state index contributed by atoms with van der Waals surface area (Å²) in [6, 6.07) is -4.22. The van der Waals surface area contributed by atoms with E-state index in [4.69, 9.17) is 21.9 Å². The summed E-state index contributed by atoms with van der Waals surface area (Å²) in [6.07, 6.45) is -7.42. The van der Waals surface area contributed by atoms with Crippen LogP contribution >= 0.6 is 0 Å². The first-order chi connectivity index (χ1) is 47.6. The van der Waals surface area contributed by atoms with Crippen molar-refractivity contribution in [2.24, 2.45) is 50.8 Å². The quantitative estimate of drug-likeness (QED) is 0.0281.